The summed E-state index contributed by atoms with van der Waals surface area (Å²) in [7, 11) is 0. The van der Waals surface area contributed by atoms with Crippen molar-refractivity contribution in [3.63, 3.8) is 0 Å². The lowest BCUT2D eigenvalue weighted by Gasteiger charge is -2.26. The molecule has 1 unspecified atom stereocenters. The lowest BCUT2D eigenvalue weighted by atomic mass is 9.90. The van der Waals surface area contributed by atoms with E-state index in [1.165, 1.54) is 32.2 Å². The second kappa shape index (κ2) is 4.22. The van der Waals surface area contributed by atoms with Crippen LogP contribution in [0.25, 0.3) is 0 Å². The minimum atomic E-state index is 0.283. The van der Waals surface area contributed by atoms with E-state index in [-0.39, 0.29) is 5.54 Å². The molecular weight excluding hydrogens is 170 g/mol. The van der Waals surface area contributed by atoms with Crippen molar-refractivity contribution >= 4 is 0 Å². The molecule has 0 radical (unpaired) electrons. The molecule has 1 saturated carbocycles. The van der Waals surface area contributed by atoms with Crippen molar-refractivity contribution in [2.45, 2.75) is 65.8 Å². The molecule has 1 nitrogen and oxygen atoms in total. The van der Waals surface area contributed by atoms with Gasteiger partial charge in [-0.25, -0.2) is 0 Å². The lowest BCUT2D eigenvalue weighted by Crippen LogP contribution is -2.40. The molecule has 14 heavy (non-hydrogen) atoms. The van der Waals surface area contributed by atoms with E-state index >= 15 is 0 Å². The minimum absolute atomic E-state index is 0.283. The molecule has 0 aromatic rings. The van der Waals surface area contributed by atoms with Crippen LogP contribution in [0, 0.1) is 11.3 Å². The number of rotatable bonds is 5. The fraction of sp³-hybridized carbons (Fsp3) is 1.00. The fourth-order valence-electron chi connectivity index (χ4n) is 1.97. The normalized spacial score (nSPS) is 22.1. The molecule has 0 saturated heterocycles. The third-order valence-electron chi connectivity index (χ3n) is 3.43. The number of hydrogen-bond donors (Lipinski definition) is 1. The van der Waals surface area contributed by atoms with Gasteiger partial charge in [-0.3, -0.25) is 0 Å². The zero-order valence-electron chi connectivity index (χ0n) is 10.6. The summed E-state index contributed by atoms with van der Waals surface area (Å²) < 4.78 is 0. The van der Waals surface area contributed by atoms with Crippen LogP contribution in [0.1, 0.15) is 60.3 Å². The minimum Gasteiger partial charge on any atom is -0.312 e. The highest BCUT2D eigenvalue weighted by Gasteiger charge is 2.43. The molecule has 1 fully saturated rings. The van der Waals surface area contributed by atoms with Crippen LogP contribution in [0.15, 0.2) is 0 Å². The van der Waals surface area contributed by atoms with E-state index in [1.807, 2.05) is 0 Å². The average molecular weight is 197 g/mol. The van der Waals surface area contributed by atoms with E-state index in [9.17, 15) is 0 Å². The Morgan fingerprint density at radius 2 is 1.86 bits per heavy atom. The van der Waals surface area contributed by atoms with Crippen molar-refractivity contribution in [2.24, 2.45) is 11.3 Å². The van der Waals surface area contributed by atoms with E-state index in [4.69, 9.17) is 0 Å². The molecule has 0 bridgehead atoms. The molecule has 0 amide bonds. The van der Waals surface area contributed by atoms with Crippen LogP contribution in [-0.2, 0) is 0 Å². The Morgan fingerprint density at radius 1 is 1.29 bits per heavy atom. The van der Waals surface area contributed by atoms with Gasteiger partial charge < -0.3 is 5.32 Å². The molecule has 0 aromatic heterocycles. The number of nitrogens with one attached hydrogen (secondary N) is 1. The van der Waals surface area contributed by atoms with E-state index in [1.54, 1.807) is 0 Å². The van der Waals surface area contributed by atoms with Gasteiger partial charge in [0.15, 0.2) is 0 Å². The van der Waals surface area contributed by atoms with Crippen LogP contribution in [0.5, 0.6) is 0 Å². The Morgan fingerprint density at radius 3 is 2.21 bits per heavy atom. The van der Waals surface area contributed by atoms with Crippen molar-refractivity contribution in [3.8, 4) is 0 Å². The van der Waals surface area contributed by atoms with Gasteiger partial charge in [0.1, 0.15) is 0 Å². The average Bonchev–Trinajstić information content (AvgIpc) is 2.81. The van der Waals surface area contributed by atoms with Crippen LogP contribution in [-0.4, -0.2) is 12.1 Å². The molecule has 0 aromatic carbocycles. The molecule has 84 valence electrons. The highest BCUT2D eigenvalue weighted by Crippen LogP contribution is 2.50. The van der Waals surface area contributed by atoms with Gasteiger partial charge in [0, 0.05) is 12.1 Å². The lowest BCUT2D eigenvalue weighted by molar-refractivity contribution is 0.305. The van der Waals surface area contributed by atoms with E-state index in [2.05, 4.69) is 39.9 Å². The maximum Gasteiger partial charge on any atom is 0.00967 e. The first-order valence-corrected chi connectivity index (χ1v) is 6.12. The molecule has 0 heterocycles. The van der Waals surface area contributed by atoms with Gasteiger partial charge in [-0.1, -0.05) is 20.3 Å². The Balaban J connectivity index is 2.29. The van der Waals surface area contributed by atoms with Gasteiger partial charge in [-0.05, 0) is 51.4 Å². The standard InChI is InChI=1S/C13H27N/c1-6-11(2)9-13(7-8-13)10-14-12(3,4)5/h11,14H,6-10H2,1-5H3. The zero-order chi connectivity index (χ0) is 10.8. The van der Waals surface area contributed by atoms with Crippen LogP contribution in [0.3, 0.4) is 0 Å². The maximum absolute atomic E-state index is 3.65. The van der Waals surface area contributed by atoms with Crippen LogP contribution < -0.4 is 5.32 Å². The molecule has 1 heteroatoms. The summed E-state index contributed by atoms with van der Waals surface area (Å²) in [5.41, 5.74) is 0.952. The molecule has 1 aliphatic rings. The Bertz CT molecular complexity index is 174. The number of hydrogen-bond acceptors (Lipinski definition) is 1. The third kappa shape index (κ3) is 4.00. The summed E-state index contributed by atoms with van der Waals surface area (Å²) >= 11 is 0. The summed E-state index contributed by atoms with van der Waals surface area (Å²) in [6.45, 7) is 12.7. The van der Waals surface area contributed by atoms with Crippen LogP contribution in [0.4, 0.5) is 0 Å². The highest BCUT2D eigenvalue weighted by molar-refractivity contribution is 4.96. The van der Waals surface area contributed by atoms with Crippen LogP contribution in [0.2, 0.25) is 0 Å². The van der Waals surface area contributed by atoms with E-state index < -0.39 is 0 Å². The molecular formula is C13H27N. The maximum atomic E-state index is 3.65. The van der Waals surface area contributed by atoms with Crippen LogP contribution >= 0.6 is 0 Å². The summed E-state index contributed by atoms with van der Waals surface area (Å²) in [5, 5.41) is 3.65. The summed E-state index contributed by atoms with van der Waals surface area (Å²) in [6.07, 6.45) is 5.64. The predicted molar refractivity (Wildman–Crippen MR) is 63.5 cm³/mol. The molecule has 1 N–H and O–H groups in total. The van der Waals surface area contributed by atoms with Crippen molar-refractivity contribution in [3.05, 3.63) is 0 Å². The zero-order valence-corrected chi connectivity index (χ0v) is 10.6. The van der Waals surface area contributed by atoms with Gasteiger partial charge in [0.05, 0.1) is 0 Å². The molecule has 1 rings (SSSR count). The Hall–Kier alpha value is -0.0400. The molecule has 1 atom stereocenters. The van der Waals surface area contributed by atoms with Crippen molar-refractivity contribution in [1.82, 2.24) is 5.32 Å². The van der Waals surface area contributed by atoms with E-state index in [0.717, 1.165) is 5.92 Å². The molecule has 1 aliphatic carbocycles. The fourth-order valence-corrected chi connectivity index (χ4v) is 1.97. The second-order valence-corrected chi connectivity index (χ2v) is 6.32. The summed E-state index contributed by atoms with van der Waals surface area (Å²) in [5.74, 6) is 0.902. The predicted octanol–water partition coefficient (Wildman–Crippen LogP) is 3.59. The highest BCUT2D eigenvalue weighted by atomic mass is 15.0. The van der Waals surface area contributed by atoms with Crippen molar-refractivity contribution in [1.29, 1.82) is 0 Å². The first-order valence-electron chi connectivity index (χ1n) is 6.12. The molecule has 0 aliphatic heterocycles. The van der Waals surface area contributed by atoms with Crippen molar-refractivity contribution < 1.29 is 0 Å². The Labute approximate surface area is 89.7 Å². The molecule has 0 spiro atoms. The smallest absolute Gasteiger partial charge is 0.00967 e. The summed E-state index contributed by atoms with van der Waals surface area (Å²) in [4.78, 5) is 0. The summed E-state index contributed by atoms with van der Waals surface area (Å²) in [6, 6.07) is 0. The van der Waals surface area contributed by atoms with Crippen molar-refractivity contribution in [2.75, 3.05) is 6.54 Å². The largest absolute Gasteiger partial charge is 0.312 e. The first-order chi connectivity index (χ1) is 6.37. The van der Waals surface area contributed by atoms with Gasteiger partial charge >= 0.3 is 0 Å². The first kappa shape index (κ1) is 12.0. The van der Waals surface area contributed by atoms with Gasteiger partial charge in [-0.2, -0.15) is 0 Å². The van der Waals surface area contributed by atoms with E-state index in [0.29, 0.717) is 5.41 Å². The Kier molecular flexibility index (Phi) is 3.63. The van der Waals surface area contributed by atoms with Gasteiger partial charge in [0.2, 0.25) is 0 Å². The monoisotopic (exact) mass is 197 g/mol. The van der Waals surface area contributed by atoms with Gasteiger partial charge in [0.25, 0.3) is 0 Å². The SMILES string of the molecule is CCC(C)CC1(CNC(C)(C)C)CC1. The van der Waals surface area contributed by atoms with Gasteiger partial charge in [-0.15, -0.1) is 0 Å². The third-order valence-corrected chi connectivity index (χ3v) is 3.43. The topological polar surface area (TPSA) is 12.0 Å². The second-order valence-electron chi connectivity index (χ2n) is 6.32. The quantitative estimate of drug-likeness (QED) is 0.710.